The van der Waals surface area contributed by atoms with Gasteiger partial charge >= 0.3 is 0 Å². The molecule has 9 heavy (non-hydrogen) atoms. The predicted octanol–water partition coefficient (Wildman–Crippen LogP) is 2.99. The van der Waals surface area contributed by atoms with Gasteiger partial charge in [0.15, 0.2) is 0 Å². The third kappa shape index (κ3) is 124. The van der Waals surface area contributed by atoms with Crippen LogP contribution in [0.25, 0.3) is 0 Å². The van der Waals surface area contributed by atoms with Gasteiger partial charge in [0, 0.05) is 0 Å². The number of ether oxygens (including phenoxy) is 1. The van der Waals surface area contributed by atoms with Gasteiger partial charge in [0.2, 0.25) is 0 Å². The molecule has 0 saturated heterocycles. The molecule has 0 saturated carbocycles. The topological polar surface area (TPSA) is 9.23 Å². The van der Waals surface area contributed by atoms with E-state index in [0.717, 1.165) is 5.76 Å². The fraction of sp³-hybridized carbons (Fsp3) is 0.500. The van der Waals surface area contributed by atoms with Crippen molar-refractivity contribution in [1.29, 1.82) is 0 Å². The van der Waals surface area contributed by atoms with Gasteiger partial charge in [-0.3, -0.25) is 0 Å². The quantitative estimate of drug-likeness (QED) is 0.391. The van der Waals surface area contributed by atoms with Crippen LogP contribution in [0, 0.1) is 0 Å². The summed E-state index contributed by atoms with van der Waals surface area (Å²) < 4.78 is 4.56. The van der Waals surface area contributed by atoms with Gasteiger partial charge in [0.25, 0.3) is 0 Å². The molecule has 1 nitrogen and oxygen atoms in total. The Morgan fingerprint density at radius 1 is 1.56 bits per heavy atom. The molecule has 0 atom stereocenters. The van der Waals surface area contributed by atoms with E-state index in [9.17, 15) is 0 Å². The lowest BCUT2D eigenvalue weighted by Crippen LogP contribution is -1.70. The number of rotatable bonds is 1. The van der Waals surface area contributed by atoms with E-state index in [4.69, 9.17) is 0 Å². The summed E-state index contributed by atoms with van der Waals surface area (Å²) in [6.45, 7) is 10.5. The fourth-order valence-electron chi connectivity index (χ4n) is 0. The van der Waals surface area contributed by atoms with E-state index in [0.29, 0.717) is 0 Å². The van der Waals surface area contributed by atoms with Crippen LogP contribution < -0.4 is 0 Å². The Balaban J connectivity index is -0.0000000800. The average Bonchev–Trinajstić information content (AvgIpc) is 1.69. The first-order valence-electron chi connectivity index (χ1n) is 2.45. The molecule has 0 aliphatic rings. The van der Waals surface area contributed by atoms with Crippen LogP contribution in [-0.2, 0) is 4.74 Å². The van der Waals surface area contributed by atoms with Gasteiger partial charge in [0.1, 0.15) is 0 Å². The molecule has 0 aliphatic heterocycles. The summed E-state index contributed by atoms with van der Waals surface area (Å²) in [7, 11) is 1.60. The normalized spacial score (nSPS) is 5.22. The first-order valence-corrected chi connectivity index (χ1v) is 2.45. The zero-order valence-corrected chi connectivity index (χ0v) is 5.90. The van der Waals surface area contributed by atoms with Crippen LogP contribution in [0.2, 0.25) is 0 Å². The molecule has 0 heterocycles. The average molecular weight is 130 g/mol. The molecule has 0 aromatic heterocycles. The predicted molar refractivity (Wildman–Crippen MR) is 44.4 cm³/mol. The van der Waals surface area contributed by atoms with Crippen LogP contribution in [0.4, 0.5) is 0 Å². The number of allylic oxidation sites excluding steroid dienone is 2. The smallest absolute Gasteiger partial charge is 0.0853 e. The van der Waals surface area contributed by atoms with Crippen LogP contribution >= 0.6 is 0 Å². The highest BCUT2D eigenvalue weighted by Gasteiger charge is 1.65. The Hall–Kier alpha value is -0.720. The maximum atomic E-state index is 4.56. The molecule has 0 radical (unpaired) electrons. The first kappa shape index (κ1) is 15.7. The molecule has 0 aromatic rings. The van der Waals surface area contributed by atoms with Gasteiger partial charge in [-0.2, -0.15) is 0 Å². The van der Waals surface area contributed by atoms with Crippen LogP contribution in [0.1, 0.15) is 21.3 Å². The summed E-state index contributed by atoms with van der Waals surface area (Å²) in [5, 5.41) is 0. The van der Waals surface area contributed by atoms with Gasteiger partial charge in [-0.05, 0) is 13.8 Å². The molecule has 0 bridgehead atoms. The van der Waals surface area contributed by atoms with E-state index in [1.807, 2.05) is 6.92 Å². The third-order valence-corrected chi connectivity index (χ3v) is 0.348. The molecule has 0 unspecified atom stereocenters. The number of hydrogen-bond donors (Lipinski definition) is 0. The molecular weight excluding hydrogens is 112 g/mol. The number of hydrogen-bond acceptors (Lipinski definition) is 1. The second kappa shape index (κ2) is 15.7. The Labute approximate surface area is 59.0 Å². The van der Waals surface area contributed by atoms with E-state index in [2.05, 4.69) is 17.9 Å². The first-order chi connectivity index (χ1) is 3.68. The minimum absolute atomic E-state index is 0. The van der Waals surface area contributed by atoms with Crippen molar-refractivity contribution in [2.75, 3.05) is 7.11 Å². The zero-order valence-electron chi connectivity index (χ0n) is 5.90. The molecule has 0 rings (SSSR count). The van der Waals surface area contributed by atoms with Crippen molar-refractivity contribution >= 4 is 0 Å². The van der Waals surface area contributed by atoms with E-state index in [-0.39, 0.29) is 7.43 Å². The summed E-state index contributed by atoms with van der Waals surface area (Å²) in [6.07, 6.45) is 1.75. The van der Waals surface area contributed by atoms with Gasteiger partial charge in [-0.15, -0.1) is 6.58 Å². The van der Waals surface area contributed by atoms with Crippen molar-refractivity contribution in [2.45, 2.75) is 21.3 Å². The summed E-state index contributed by atoms with van der Waals surface area (Å²) in [6, 6.07) is 0. The molecule has 0 fully saturated rings. The van der Waals surface area contributed by atoms with Crippen LogP contribution in [-0.4, -0.2) is 7.11 Å². The molecule has 0 aliphatic carbocycles. The molecule has 56 valence electrons. The van der Waals surface area contributed by atoms with Crippen LogP contribution in [0.3, 0.4) is 0 Å². The molecular formula is C8H18O. The zero-order chi connectivity index (χ0) is 6.99. The summed E-state index contributed by atoms with van der Waals surface area (Å²) in [5.41, 5.74) is 0. The Morgan fingerprint density at radius 2 is 1.67 bits per heavy atom. The highest BCUT2D eigenvalue weighted by atomic mass is 16.5. The fourth-order valence-corrected chi connectivity index (χ4v) is 0. The Kier molecular flexibility index (Phi) is 27.4. The van der Waals surface area contributed by atoms with E-state index < -0.39 is 0 Å². The summed E-state index contributed by atoms with van der Waals surface area (Å²) in [4.78, 5) is 0. The number of methoxy groups -OCH3 is 1. The lowest BCUT2D eigenvalue weighted by molar-refractivity contribution is 0.295. The van der Waals surface area contributed by atoms with Crippen molar-refractivity contribution in [1.82, 2.24) is 0 Å². The monoisotopic (exact) mass is 130 g/mol. The van der Waals surface area contributed by atoms with Crippen molar-refractivity contribution in [3.8, 4) is 0 Å². The van der Waals surface area contributed by atoms with Gasteiger partial charge < -0.3 is 4.74 Å². The lowest BCUT2D eigenvalue weighted by Gasteiger charge is -1.88. The van der Waals surface area contributed by atoms with Crippen molar-refractivity contribution in [3.05, 3.63) is 25.0 Å². The maximum Gasteiger partial charge on any atom is 0.0853 e. The van der Waals surface area contributed by atoms with E-state index in [1.54, 1.807) is 20.1 Å². The second-order valence-electron chi connectivity index (χ2n) is 1.31. The van der Waals surface area contributed by atoms with Crippen LogP contribution in [0.15, 0.2) is 25.0 Å². The summed E-state index contributed by atoms with van der Waals surface area (Å²) >= 11 is 0. The molecule has 0 N–H and O–H groups in total. The van der Waals surface area contributed by atoms with E-state index in [1.165, 1.54) is 0 Å². The molecule has 0 amide bonds. The molecule has 0 spiro atoms. The maximum absolute atomic E-state index is 4.56. The highest BCUT2D eigenvalue weighted by molar-refractivity contribution is 4.71. The van der Waals surface area contributed by atoms with Crippen molar-refractivity contribution < 1.29 is 4.74 Å². The summed E-state index contributed by atoms with van der Waals surface area (Å²) in [5.74, 6) is 0.755. The van der Waals surface area contributed by atoms with Gasteiger partial charge in [-0.25, -0.2) is 0 Å². The van der Waals surface area contributed by atoms with Crippen molar-refractivity contribution in [2.24, 2.45) is 0 Å². The molecule has 1 heteroatoms. The lowest BCUT2D eigenvalue weighted by atomic mass is 10.7. The minimum atomic E-state index is 0. The van der Waals surface area contributed by atoms with Gasteiger partial charge in [0.05, 0.1) is 12.9 Å². The standard InChI is InChI=1S/C4H8O.C3H6.CH4/c1-4(2)5-3;1-3-2;/h1H2,2-3H3;3H,1H2,2H3;1H4. The Bertz CT molecular complexity index is 65.0. The van der Waals surface area contributed by atoms with Crippen LogP contribution in [0.5, 0.6) is 0 Å². The van der Waals surface area contributed by atoms with Gasteiger partial charge in [-0.1, -0.05) is 20.1 Å². The minimum Gasteiger partial charge on any atom is -0.502 e. The second-order valence-corrected chi connectivity index (χ2v) is 1.31. The Morgan fingerprint density at radius 3 is 1.67 bits per heavy atom. The highest BCUT2D eigenvalue weighted by Crippen LogP contribution is 1.80. The largest absolute Gasteiger partial charge is 0.502 e. The molecule has 0 aromatic carbocycles. The SMILES string of the molecule is C.C=C(C)OC.C=CC. The van der Waals surface area contributed by atoms with E-state index >= 15 is 0 Å². The van der Waals surface area contributed by atoms with Crippen molar-refractivity contribution in [3.63, 3.8) is 0 Å². The third-order valence-electron chi connectivity index (χ3n) is 0.348.